The third kappa shape index (κ3) is 15.6. The Bertz CT molecular complexity index is 301. The van der Waals surface area contributed by atoms with Gasteiger partial charge in [0.2, 0.25) is 0 Å². The average Bonchev–Trinajstić information content (AvgIpc) is 2.65. The van der Waals surface area contributed by atoms with E-state index in [1.54, 1.807) is 6.21 Å². The van der Waals surface area contributed by atoms with Crippen molar-refractivity contribution in [3.8, 4) is 0 Å². The molecule has 8 heteroatoms. The molecule has 8 nitrogen and oxygen atoms in total. The van der Waals surface area contributed by atoms with Crippen LogP contribution in [0.4, 0.5) is 0 Å². The second-order valence-corrected chi connectivity index (χ2v) is 5.93. The highest BCUT2D eigenvalue weighted by atomic mass is 16.5. The van der Waals surface area contributed by atoms with Gasteiger partial charge in [0.15, 0.2) is 0 Å². The van der Waals surface area contributed by atoms with Crippen LogP contribution in [0.5, 0.6) is 0 Å². The zero-order valence-corrected chi connectivity index (χ0v) is 16.3. The summed E-state index contributed by atoms with van der Waals surface area (Å²) in [6, 6.07) is 0. The molecule has 1 N–H and O–H groups in total. The van der Waals surface area contributed by atoms with E-state index in [4.69, 9.17) is 23.7 Å². The van der Waals surface area contributed by atoms with E-state index in [1.807, 2.05) is 6.92 Å². The van der Waals surface area contributed by atoms with Gasteiger partial charge < -0.3 is 29.0 Å². The van der Waals surface area contributed by atoms with Crippen molar-refractivity contribution < 1.29 is 23.7 Å². The summed E-state index contributed by atoms with van der Waals surface area (Å²) in [7, 11) is 0. The maximum absolute atomic E-state index is 5.65. The van der Waals surface area contributed by atoms with Gasteiger partial charge in [-0.15, -0.1) is 0 Å². The van der Waals surface area contributed by atoms with E-state index in [-0.39, 0.29) is 0 Å². The van der Waals surface area contributed by atoms with Crippen molar-refractivity contribution in [2.45, 2.75) is 19.8 Å². The maximum atomic E-state index is 5.65. The van der Waals surface area contributed by atoms with Crippen LogP contribution < -0.4 is 5.32 Å². The second-order valence-electron chi connectivity index (χ2n) is 5.93. The Hall–Kier alpha value is -0.610. The molecule has 0 aromatic carbocycles. The highest BCUT2D eigenvalue weighted by molar-refractivity contribution is 5.52. The largest absolute Gasteiger partial charge is 0.379 e. The van der Waals surface area contributed by atoms with Gasteiger partial charge in [-0.25, -0.2) is 0 Å². The summed E-state index contributed by atoms with van der Waals surface area (Å²) < 4.78 is 27.9. The van der Waals surface area contributed by atoms with Crippen LogP contribution in [-0.2, 0) is 23.7 Å². The molecule has 0 spiro atoms. The standard InChI is InChI=1S/C18H37N3O5/c1-2-19-17-26-18-21-7-4-10-23-14-13-22-9-3-5-20-6-11-24-15-16-25-12-8-21/h2,20H,3-18H2,1H3. The van der Waals surface area contributed by atoms with Crippen molar-refractivity contribution in [1.82, 2.24) is 10.2 Å². The van der Waals surface area contributed by atoms with E-state index in [2.05, 4.69) is 15.2 Å². The number of hydrogen-bond donors (Lipinski definition) is 1. The topological polar surface area (TPSA) is 73.8 Å². The van der Waals surface area contributed by atoms with Crippen molar-refractivity contribution in [2.24, 2.45) is 4.99 Å². The van der Waals surface area contributed by atoms with Crippen molar-refractivity contribution >= 4 is 6.21 Å². The molecule has 1 aliphatic heterocycles. The van der Waals surface area contributed by atoms with E-state index in [0.717, 1.165) is 52.2 Å². The Labute approximate surface area is 158 Å². The summed E-state index contributed by atoms with van der Waals surface area (Å²) in [5, 5.41) is 3.33. The zero-order chi connectivity index (χ0) is 18.5. The molecule has 0 bridgehead atoms. The molecule has 1 heterocycles. The molecule has 0 saturated carbocycles. The minimum atomic E-state index is 0.392. The van der Waals surface area contributed by atoms with Gasteiger partial charge in [0, 0.05) is 32.8 Å². The number of hydrogen-bond acceptors (Lipinski definition) is 8. The monoisotopic (exact) mass is 375 g/mol. The van der Waals surface area contributed by atoms with Crippen molar-refractivity contribution in [3.63, 3.8) is 0 Å². The lowest BCUT2D eigenvalue weighted by Crippen LogP contribution is -2.32. The Morgan fingerprint density at radius 1 is 0.846 bits per heavy atom. The normalized spacial score (nSPS) is 22.3. The molecule has 0 aromatic heterocycles. The van der Waals surface area contributed by atoms with Gasteiger partial charge in [-0.3, -0.25) is 9.89 Å². The third-order valence-electron chi connectivity index (χ3n) is 3.75. The fourth-order valence-corrected chi connectivity index (χ4v) is 2.33. The molecule has 26 heavy (non-hydrogen) atoms. The predicted molar refractivity (Wildman–Crippen MR) is 102 cm³/mol. The summed E-state index contributed by atoms with van der Waals surface area (Å²) in [5.41, 5.74) is 0. The number of ether oxygens (including phenoxy) is 5. The maximum Gasteiger partial charge on any atom is 0.138 e. The summed E-state index contributed by atoms with van der Waals surface area (Å²) in [5.74, 6) is 0. The Morgan fingerprint density at radius 2 is 1.54 bits per heavy atom. The Kier molecular flexibility index (Phi) is 17.3. The molecule has 0 radical (unpaired) electrons. The summed E-state index contributed by atoms with van der Waals surface area (Å²) in [6.07, 6.45) is 3.70. The van der Waals surface area contributed by atoms with Crippen LogP contribution in [-0.4, -0.2) is 104 Å². The van der Waals surface area contributed by atoms with Crippen LogP contribution in [0.3, 0.4) is 0 Å². The Balaban J connectivity index is 2.24. The quantitative estimate of drug-likeness (QED) is 0.574. The Morgan fingerprint density at radius 3 is 2.31 bits per heavy atom. The van der Waals surface area contributed by atoms with E-state index >= 15 is 0 Å². The lowest BCUT2D eigenvalue weighted by molar-refractivity contribution is -0.00435. The minimum Gasteiger partial charge on any atom is -0.379 e. The van der Waals surface area contributed by atoms with E-state index in [0.29, 0.717) is 53.1 Å². The summed E-state index contributed by atoms with van der Waals surface area (Å²) in [4.78, 5) is 6.28. The van der Waals surface area contributed by atoms with Gasteiger partial charge in [0.25, 0.3) is 0 Å². The first-order valence-electron chi connectivity index (χ1n) is 9.69. The minimum absolute atomic E-state index is 0.392. The summed E-state index contributed by atoms with van der Waals surface area (Å²) >= 11 is 0. The van der Waals surface area contributed by atoms with Crippen molar-refractivity contribution in [1.29, 1.82) is 0 Å². The lowest BCUT2D eigenvalue weighted by Gasteiger charge is -2.21. The molecule has 1 fully saturated rings. The SMILES string of the molecule is CC=NCOCN1CCCOCCOCCCNCCOCCOCC1. The molecule has 0 atom stereocenters. The first-order valence-corrected chi connectivity index (χ1v) is 9.69. The van der Waals surface area contributed by atoms with Gasteiger partial charge in [0.05, 0.1) is 39.6 Å². The number of nitrogens with one attached hydrogen (secondary N) is 1. The molecule has 0 unspecified atom stereocenters. The number of aliphatic imine (C=N–C) groups is 1. The average molecular weight is 376 g/mol. The summed E-state index contributed by atoms with van der Waals surface area (Å²) in [6.45, 7) is 11.7. The molecule has 154 valence electrons. The fraction of sp³-hybridized carbons (Fsp3) is 0.944. The second kappa shape index (κ2) is 19.2. The number of nitrogens with zero attached hydrogens (tertiary/aromatic N) is 2. The van der Waals surface area contributed by atoms with Crippen LogP contribution in [0.2, 0.25) is 0 Å². The molecule has 1 aliphatic rings. The fourth-order valence-electron chi connectivity index (χ4n) is 2.33. The van der Waals surface area contributed by atoms with Gasteiger partial charge >= 0.3 is 0 Å². The molecular weight excluding hydrogens is 338 g/mol. The zero-order valence-electron chi connectivity index (χ0n) is 16.3. The van der Waals surface area contributed by atoms with Gasteiger partial charge in [-0.2, -0.15) is 0 Å². The highest BCUT2D eigenvalue weighted by Gasteiger charge is 2.05. The van der Waals surface area contributed by atoms with Crippen LogP contribution in [0, 0.1) is 0 Å². The van der Waals surface area contributed by atoms with E-state index in [9.17, 15) is 0 Å². The van der Waals surface area contributed by atoms with Crippen molar-refractivity contribution in [2.75, 3.05) is 92.5 Å². The number of rotatable bonds is 4. The van der Waals surface area contributed by atoms with Crippen LogP contribution >= 0.6 is 0 Å². The molecule has 1 saturated heterocycles. The predicted octanol–water partition coefficient (Wildman–Crippen LogP) is 0.761. The first kappa shape index (κ1) is 23.4. The van der Waals surface area contributed by atoms with Crippen LogP contribution in [0.1, 0.15) is 19.8 Å². The van der Waals surface area contributed by atoms with E-state index < -0.39 is 0 Å². The first-order chi connectivity index (χ1) is 12.9. The third-order valence-corrected chi connectivity index (χ3v) is 3.75. The van der Waals surface area contributed by atoms with Crippen LogP contribution in [0.25, 0.3) is 0 Å². The van der Waals surface area contributed by atoms with Gasteiger partial charge in [-0.05, 0) is 32.5 Å². The van der Waals surface area contributed by atoms with E-state index in [1.165, 1.54) is 0 Å². The molecule has 0 amide bonds. The van der Waals surface area contributed by atoms with Crippen LogP contribution in [0.15, 0.2) is 4.99 Å². The molecular formula is C18H37N3O5. The molecule has 0 aromatic rings. The smallest absolute Gasteiger partial charge is 0.138 e. The lowest BCUT2D eigenvalue weighted by atomic mass is 10.4. The van der Waals surface area contributed by atoms with Gasteiger partial charge in [-0.1, -0.05) is 0 Å². The van der Waals surface area contributed by atoms with Gasteiger partial charge in [0.1, 0.15) is 13.5 Å². The van der Waals surface area contributed by atoms with Crippen molar-refractivity contribution in [3.05, 3.63) is 0 Å². The molecule has 1 rings (SSSR count). The molecule has 0 aliphatic carbocycles. The highest BCUT2D eigenvalue weighted by Crippen LogP contribution is 1.95.